The molecule has 0 radical (unpaired) electrons. The van der Waals surface area contributed by atoms with Crippen LogP contribution in [0.25, 0.3) is 16.8 Å². The molecule has 0 fully saturated rings. The Balaban J connectivity index is 1.67. The Bertz CT molecular complexity index is 1090. The first-order valence-electron chi connectivity index (χ1n) is 8.55. The SMILES string of the molecule is C[C@@H](Sc1nnc2n(CCOc3ccccc3)c3ccccc3n12)C(=O)O. The minimum atomic E-state index is -0.878. The molecule has 2 heterocycles. The lowest BCUT2D eigenvalue weighted by atomic mass is 10.3. The quantitative estimate of drug-likeness (QED) is 0.494. The number of nitrogens with zero attached hydrogens (tertiary/aromatic N) is 4. The van der Waals surface area contributed by atoms with Gasteiger partial charge in [0.05, 0.1) is 17.6 Å². The molecule has 27 heavy (non-hydrogen) atoms. The van der Waals surface area contributed by atoms with Crippen molar-refractivity contribution in [3.63, 3.8) is 0 Å². The van der Waals surface area contributed by atoms with Crippen LogP contribution in [0.3, 0.4) is 0 Å². The number of ether oxygens (including phenoxy) is 1. The Morgan fingerprint density at radius 2 is 1.81 bits per heavy atom. The van der Waals surface area contributed by atoms with Crippen molar-refractivity contribution in [2.45, 2.75) is 23.9 Å². The van der Waals surface area contributed by atoms with Crippen LogP contribution < -0.4 is 4.74 Å². The van der Waals surface area contributed by atoms with Crippen LogP contribution in [0.15, 0.2) is 59.8 Å². The zero-order chi connectivity index (χ0) is 18.8. The second-order valence-corrected chi connectivity index (χ2v) is 7.33. The summed E-state index contributed by atoms with van der Waals surface area (Å²) in [7, 11) is 0. The number of aromatic nitrogens is 4. The average molecular weight is 382 g/mol. The van der Waals surface area contributed by atoms with Gasteiger partial charge in [-0.1, -0.05) is 42.1 Å². The number of thioether (sulfide) groups is 1. The van der Waals surface area contributed by atoms with Crippen LogP contribution in [0.4, 0.5) is 0 Å². The molecule has 138 valence electrons. The molecule has 7 nitrogen and oxygen atoms in total. The molecule has 0 aliphatic heterocycles. The zero-order valence-electron chi connectivity index (χ0n) is 14.6. The lowest BCUT2D eigenvalue weighted by Crippen LogP contribution is -2.11. The third-order valence-electron chi connectivity index (χ3n) is 4.23. The first-order valence-corrected chi connectivity index (χ1v) is 9.43. The van der Waals surface area contributed by atoms with Gasteiger partial charge in [-0.3, -0.25) is 9.20 Å². The molecule has 4 rings (SSSR count). The van der Waals surface area contributed by atoms with Gasteiger partial charge in [0.1, 0.15) is 17.6 Å². The molecule has 2 aromatic carbocycles. The van der Waals surface area contributed by atoms with E-state index in [9.17, 15) is 9.90 Å². The molecule has 0 saturated heterocycles. The minimum absolute atomic E-state index is 0.485. The fraction of sp³-hybridized carbons (Fsp3) is 0.211. The van der Waals surface area contributed by atoms with Gasteiger partial charge in [0, 0.05) is 0 Å². The number of carboxylic acids is 1. The van der Waals surface area contributed by atoms with Crippen molar-refractivity contribution in [3.8, 4) is 5.75 Å². The van der Waals surface area contributed by atoms with Crippen LogP contribution in [-0.2, 0) is 11.3 Å². The van der Waals surface area contributed by atoms with Crippen molar-refractivity contribution in [1.82, 2.24) is 19.2 Å². The molecule has 0 bridgehead atoms. The topological polar surface area (TPSA) is 81.6 Å². The van der Waals surface area contributed by atoms with Crippen molar-refractivity contribution in [2.75, 3.05) is 6.61 Å². The Hall–Kier alpha value is -3.00. The molecule has 8 heteroatoms. The first-order chi connectivity index (χ1) is 13.1. The maximum atomic E-state index is 11.2. The average Bonchev–Trinajstić information content (AvgIpc) is 3.22. The summed E-state index contributed by atoms with van der Waals surface area (Å²) < 4.78 is 9.77. The molecule has 1 N–H and O–H groups in total. The van der Waals surface area contributed by atoms with E-state index in [0.29, 0.717) is 24.1 Å². The highest BCUT2D eigenvalue weighted by Gasteiger charge is 2.21. The van der Waals surface area contributed by atoms with E-state index in [1.165, 1.54) is 11.8 Å². The number of aliphatic carboxylic acids is 1. The van der Waals surface area contributed by atoms with Gasteiger partial charge < -0.3 is 14.4 Å². The fourth-order valence-corrected chi connectivity index (χ4v) is 3.70. The number of imidazole rings is 1. The normalized spacial score (nSPS) is 12.5. The van der Waals surface area contributed by atoms with Crippen molar-refractivity contribution >= 4 is 34.5 Å². The summed E-state index contributed by atoms with van der Waals surface area (Å²) in [4.78, 5) is 11.2. The summed E-state index contributed by atoms with van der Waals surface area (Å²) in [5, 5.41) is 17.7. The number of benzene rings is 2. The summed E-state index contributed by atoms with van der Waals surface area (Å²) in [6, 6.07) is 17.6. The van der Waals surface area contributed by atoms with E-state index in [2.05, 4.69) is 10.2 Å². The standard InChI is InChI=1S/C19H18N4O3S/c1-13(17(24)25)27-19-21-20-18-22(11-12-26-14-7-3-2-4-8-14)15-9-5-6-10-16(15)23(18)19/h2-10,13H,11-12H2,1H3,(H,24,25)/t13-/m1/s1. The lowest BCUT2D eigenvalue weighted by Gasteiger charge is -2.07. The van der Waals surface area contributed by atoms with Gasteiger partial charge in [-0.2, -0.15) is 0 Å². The molecule has 2 aromatic heterocycles. The number of hydrogen-bond acceptors (Lipinski definition) is 5. The van der Waals surface area contributed by atoms with Crippen LogP contribution in [0, 0.1) is 0 Å². The number of hydrogen-bond donors (Lipinski definition) is 1. The number of carboxylic acid groups (broad SMARTS) is 1. The molecular weight excluding hydrogens is 364 g/mol. The van der Waals surface area contributed by atoms with E-state index in [1.54, 1.807) is 6.92 Å². The highest BCUT2D eigenvalue weighted by Crippen LogP contribution is 2.28. The van der Waals surface area contributed by atoms with Crippen molar-refractivity contribution < 1.29 is 14.6 Å². The highest BCUT2D eigenvalue weighted by molar-refractivity contribution is 8.00. The smallest absolute Gasteiger partial charge is 0.316 e. The number of carbonyl (C=O) groups is 1. The first kappa shape index (κ1) is 17.4. The molecule has 0 aliphatic carbocycles. The minimum Gasteiger partial charge on any atom is -0.492 e. The summed E-state index contributed by atoms with van der Waals surface area (Å²) in [5.74, 6) is 0.614. The summed E-state index contributed by atoms with van der Waals surface area (Å²) in [5.41, 5.74) is 1.95. The number of fused-ring (bicyclic) bond motifs is 3. The Kier molecular flexibility index (Phi) is 4.72. The van der Waals surface area contributed by atoms with E-state index in [4.69, 9.17) is 4.74 Å². The van der Waals surface area contributed by atoms with Gasteiger partial charge in [-0.15, -0.1) is 10.2 Å². The predicted molar refractivity (Wildman–Crippen MR) is 103 cm³/mol. The molecule has 0 amide bonds. The molecule has 0 spiro atoms. The van der Waals surface area contributed by atoms with E-state index in [1.807, 2.05) is 63.6 Å². The van der Waals surface area contributed by atoms with Crippen LogP contribution in [0.5, 0.6) is 5.75 Å². The van der Waals surface area contributed by atoms with Crippen LogP contribution >= 0.6 is 11.8 Å². The summed E-state index contributed by atoms with van der Waals surface area (Å²) >= 11 is 1.18. The Morgan fingerprint density at radius 1 is 1.11 bits per heavy atom. The zero-order valence-corrected chi connectivity index (χ0v) is 15.5. The van der Waals surface area contributed by atoms with Crippen molar-refractivity contribution in [2.24, 2.45) is 0 Å². The van der Waals surface area contributed by atoms with Gasteiger partial charge in [-0.05, 0) is 31.2 Å². The van der Waals surface area contributed by atoms with Crippen LogP contribution in [-0.4, -0.2) is 42.1 Å². The third-order valence-corrected chi connectivity index (χ3v) is 5.26. The maximum Gasteiger partial charge on any atom is 0.316 e. The summed E-state index contributed by atoms with van der Waals surface area (Å²) in [6.45, 7) is 2.73. The van der Waals surface area contributed by atoms with E-state index in [-0.39, 0.29) is 0 Å². The Morgan fingerprint density at radius 3 is 2.56 bits per heavy atom. The van der Waals surface area contributed by atoms with E-state index < -0.39 is 11.2 Å². The van der Waals surface area contributed by atoms with Gasteiger partial charge >= 0.3 is 5.97 Å². The van der Waals surface area contributed by atoms with Gasteiger partial charge in [0.25, 0.3) is 0 Å². The van der Waals surface area contributed by atoms with Crippen LogP contribution in [0.2, 0.25) is 0 Å². The molecule has 0 aliphatic rings. The molecule has 0 unspecified atom stereocenters. The Labute approximate surface area is 159 Å². The predicted octanol–water partition coefficient (Wildman–Crippen LogP) is 3.33. The highest BCUT2D eigenvalue weighted by atomic mass is 32.2. The van der Waals surface area contributed by atoms with E-state index >= 15 is 0 Å². The molecule has 0 saturated carbocycles. The molecule has 1 atom stereocenters. The molecular formula is C19H18N4O3S. The molecule has 4 aromatic rings. The van der Waals surface area contributed by atoms with Gasteiger partial charge in [0.15, 0.2) is 5.16 Å². The van der Waals surface area contributed by atoms with Gasteiger partial charge in [0.2, 0.25) is 5.78 Å². The lowest BCUT2D eigenvalue weighted by molar-refractivity contribution is -0.136. The van der Waals surface area contributed by atoms with Gasteiger partial charge in [-0.25, -0.2) is 0 Å². The second kappa shape index (κ2) is 7.32. The number of rotatable bonds is 7. The summed E-state index contributed by atoms with van der Waals surface area (Å²) in [6.07, 6.45) is 0. The van der Waals surface area contributed by atoms with Crippen molar-refractivity contribution in [3.05, 3.63) is 54.6 Å². The largest absolute Gasteiger partial charge is 0.492 e. The number of para-hydroxylation sites is 3. The fourth-order valence-electron chi connectivity index (χ4n) is 2.91. The second-order valence-electron chi connectivity index (χ2n) is 6.02. The maximum absolute atomic E-state index is 11.2. The third kappa shape index (κ3) is 3.35. The van der Waals surface area contributed by atoms with Crippen LogP contribution in [0.1, 0.15) is 6.92 Å². The monoisotopic (exact) mass is 382 g/mol. The van der Waals surface area contributed by atoms with Crippen molar-refractivity contribution in [1.29, 1.82) is 0 Å². The van der Waals surface area contributed by atoms with E-state index in [0.717, 1.165) is 16.8 Å².